The maximum absolute atomic E-state index is 12.2. The van der Waals surface area contributed by atoms with Crippen molar-refractivity contribution < 1.29 is 34.7 Å². The van der Waals surface area contributed by atoms with Gasteiger partial charge in [-0.2, -0.15) is 0 Å². The van der Waals surface area contributed by atoms with E-state index < -0.39 is 30.3 Å². The van der Waals surface area contributed by atoms with E-state index in [0.29, 0.717) is 11.1 Å². The Balaban J connectivity index is 1.95. The van der Waals surface area contributed by atoms with Crippen molar-refractivity contribution in [3.8, 4) is 17.2 Å². The molecule has 1 amide bonds. The second-order valence-corrected chi connectivity index (χ2v) is 5.43. The largest absolute Gasteiger partial charge is 0.504 e. The van der Waals surface area contributed by atoms with E-state index in [0.717, 1.165) is 0 Å². The summed E-state index contributed by atoms with van der Waals surface area (Å²) in [6, 6.07) is 0.643. The van der Waals surface area contributed by atoms with Crippen molar-refractivity contribution in [1.82, 2.24) is 5.32 Å². The number of benzene rings is 1. The molecule has 0 spiro atoms. The van der Waals surface area contributed by atoms with Crippen LogP contribution in [0.2, 0.25) is 0 Å². The summed E-state index contributed by atoms with van der Waals surface area (Å²) in [5.41, 5.74) is 0.733. The third kappa shape index (κ3) is 1.59. The van der Waals surface area contributed by atoms with Crippen LogP contribution in [0.25, 0.3) is 5.57 Å². The van der Waals surface area contributed by atoms with Gasteiger partial charge in [0.05, 0.1) is 11.6 Å². The average Bonchev–Trinajstić information content (AvgIpc) is 2.95. The molecule has 0 bridgehead atoms. The zero-order chi connectivity index (χ0) is 15.6. The average molecular weight is 307 g/mol. The molecule has 4 atom stereocenters. The predicted molar refractivity (Wildman–Crippen MR) is 71.5 cm³/mol. The molecule has 0 saturated heterocycles. The molecule has 22 heavy (non-hydrogen) atoms. The van der Waals surface area contributed by atoms with Gasteiger partial charge in [0.1, 0.15) is 18.3 Å². The Kier molecular flexibility index (Phi) is 2.65. The highest BCUT2D eigenvalue weighted by atomic mass is 16.7. The summed E-state index contributed by atoms with van der Waals surface area (Å²) >= 11 is 0. The first-order valence-corrected chi connectivity index (χ1v) is 6.71. The molecular formula is C14H13NO7. The summed E-state index contributed by atoms with van der Waals surface area (Å²) in [6.07, 6.45) is -2.70. The summed E-state index contributed by atoms with van der Waals surface area (Å²) in [7, 11) is 0. The smallest absolute Gasteiger partial charge is 0.256 e. The van der Waals surface area contributed by atoms with Crippen LogP contribution in [-0.2, 0) is 0 Å². The van der Waals surface area contributed by atoms with E-state index in [9.17, 15) is 25.2 Å². The minimum Gasteiger partial charge on any atom is -0.504 e. The molecule has 1 aliphatic carbocycles. The second kappa shape index (κ2) is 4.35. The first kappa shape index (κ1) is 13.4. The highest BCUT2D eigenvalue weighted by Crippen LogP contribution is 2.48. The minimum atomic E-state index is -1.40. The van der Waals surface area contributed by atoms with Gasteiger partial charge in [-0.05, 0) is 17.7 Å². The van der Waals surface area contributed by atoms with Gasteiger partial charge in [0, 0.05) is 5.56 Å². The van der Waals surface area contributed by atoms with Crippen LogP contribution < -0.4 is 14.8 Å². The standard InChI is InChI=1S/C14H13NO7/c16-6-1-5-4-2-7-13(22-3-21-7)11(18)8(4)14(20)15-9(5)12(19)10(6)17/h1-2,6,9-10,12,16-19H,3H2,(H,15,20)/t6-,9-,10+,12-/m1/s1. The van der Waals surface area contributed by atoms with E-state index in [4.69, 9.17) is 9.47 Å². The van der Waals surface area contributed by atoms with E-state index in [-0.39, 0.29) is 29.6 Å². The summed E-state index contributed by atoms with van der Waals surface area (Å²) in [6.45, 7) is -0.0696. The van der Waals surface area contributed by atoms with E-state index in [1.54, 1.807) is 0 Å². The number of fused-ring (bicyclic) bond motifs is 4. The highest BCUT2D eigenvalue weighted by Gasteiger charge is 2.44. The SMILES string of the molecule is O=C1N[C@@H]2C(=C[C@@H](O)[C@H](O)[C@@H]2O)c2cc3c(c(O)c21)OCO3. The van der Waals surface area contributed by atoms with Crippen LogP contribution in [0.5, 0.6) is 17.2 Å². The molecule has 0 unspecified atom stereocenters. The molecule has 1 aromatic rings. The Labute approximate surface area is 124 Å². The lowest BCUT2D eigenvalue weighted by Crippen LogP contribution is -2.57. The maximum atomic E-state index is 12.2. The van der Waals surface area contributed by atoms with Crippen LogP contribution in [0.4, 0.5) is 0 Å². The first-order valence-electron chi connectivity index (χ1n) is 6.71. The van der Waals surface area contributed by atoms with Gasteiger partial charge in [-0.25, -0.2) is 0 Å². The quantitative estimate of drug-likeness (QED) is 0.403. The molecule has 3 aliphatic rings. The number of rotatable bonds is 0. The molecular weight excluding hydrogens is 294 g/mol. The normalized spacial score (nSPS) is 32.0. The van der Waals surface area contributed by atoms with Crippen molar-refractivity contribution in [3.05, 3.63) is 23.3 Å². The van der Waals surface area contributed by atoms with Crippen molar-refractivity contribution in [3.63, 3.8) is 0 Å². The van der Waals surface area contributed by atoms with E-state index >= 15 is 0 Å². The monoisotopic (exact) mass is 307 g/mol. The lowest BCUT2D eigenvalue weighted by atomic mass is 9.79. The fourth-order valence-corrected chi connectivity index (χ4v) is 3.09. The highest BCUT2D eigenvalue weighted by molar-refractivity contribution is 6.07. The van der Waals surface area contributed by atoms with Crippen molar-refractivity contribution >= 4 is 11.5 Å². The number of carbonyl (C=O) groups is 1. The molecule has 0 aromatic heterocycles. The number of phenolic OH excluding ortho intramolecular Hbond substituents is 1. The summed E-state index contributed by atoms with van der Waals surface area (Å²) in [5.74, 6) is -0.585. The van der Waals surface area contributed by atoms with Crippen LogP contribution in [0.3, 0.4) is 0 Å². The van der Waals surface area contributed by atoms with E-state index in [2.05, 4.69) is 5.32 Å². The molecule has 2 heterocycles. The molecule has 2 aliphatic heterocycles. The van der Waals surface area contributed by atoms with Crippen molar-refractivity contribution in [1.29, 1.82) is 0 Å². The number of hydrogen-bond acceptors (Lipinski definition) is 7. The molecule has 4 rings (SSSR count). The van der Waals surface area contributed by atoms with Gasteiger partial charge >= 0.3 is 0 Å². The van der Waals surface area contributed by atoms with Crippen molar-refractivity contribution in [2.24, 2.45) is 0 Å². The number of aliphatic hydroxyl groups is 3. The number of aromatic hydroxyl groups is 1. The topological polar surface area (TPSA) is 128 Å². The number of nitrogens with one attached hydrogen (secondary N) is 1. The predicted octanol–water partition coefficient (Wildman–Crippen LogP) is -1.29. The maximum Gasteiger partial charge on any atom is 0.256 e. The molecule has 116 valence electrons. The molecule has 0 saturated carbocycles. The van der Waals surface area contributed by atoms with Crippen molar-refractivity contribution in [2.45, 2.75) is 24.4 Å². The Hall–Kier alpha value is -2.29. The van der Waals surface area contributed by atoms with Crippen molar-refractivity contribution in [2.75, 3.05) is 6.79 Å². The number of aliphatic hydroxyl groups excluding tert-OH is 3. The number of hydrogen-bond donors (Lipinski definition) is 5. The molecule has 8 nitrogen and oxygen atoms in total. The summed E-state index contributed by atoms with van der Waals surface area (Å²) in [4.78, 5) is 12.2. The lowest BCUT2D eigenvalue weighted by molar-refractivity contribution is -0.0535. The number of carbonyl (C=O) groups excluding carboxylic acids is 1. The minimum absolute atomic E-state index is 0.0115. The zero-order valence-electron chi connectivity index (χ0n) is 11.2. The number of phenols is 1. The van der Waals surface area contributed by atoms with Gasteiger partial charge in [0.25, 0.3) is 5.91 Å². The molecule has 0 fully saturated rings. The van der Waals surface area contributed by atoms with Crippen LogP contribution in [0, 0.1) is 0 Å². The van der Waals surface area contributed by atoms with Crippen LogP contribution in [0.15, 0.2) is 12.1 Å². The number of ether oxygens (including phenoxy) is 2. The first-order chi connectivity index (χ1) is 10.5. The summed E-state index contributed by atoms with van der Waals surface area (Å²) in [5, 5.41) is 42.4. The van der Waals surface area contributed by atoms with Gasteiger partial charge in [-0.3, -0.25) is 4.79 Å². The number of amides is 1. The Bertz CT molecular complexity index is 714. The summed E-state index contributed by atoms with van der Waals surface area (Å²) < 4.78 is 10.3. The van der Waals surface area contributed by atoms with E-state index in [1.807, 2.05) is 0 Å². The van der Waals surface area contributed by atoms with E-state index in [1.165, 1.54) is 12.1 Å². The van der Waals surface area contributed by atoms with Crippen LogP contribution in [-0.4, -0.2) is 57.5 Å². The fourth-order valence-electron chi connectivity index (χ4n) is 3.09. The van der Waals surface area contributed by atoms with Gasteiger partial charge in [-0.1, -0.05) is 0 Å². The molecule has 5 N–H and O–H groups in total. The van der Waals surface area contributed by atoms with Gasteiger partial charge in [0.15, 0.2) is 11.5 Å². The third-order valence-electron chi connectivity index (χ3n) is 4.19. The molecule has 1 aromatic carbocycles. The zero-order valence-corrected chi connectivity index (χ0v) is 11.2. The van der Waals surface area contributed by atoms with Crippen LogP contribution in [0.1, 0.15) is 15.9 Å². The molecule has 0 radical (unpaired) electrons. The Morgan fingerprint density at radius 3 is 2.73 bits per heavy atom. The van der Waals surface area contributed by atoms with Gasteiger partial charge in [-0.15, -0.1) is 0 Å². The third-order valence-corrected chi connectivity index (χ3v) is 4.19. The van der Waals surface area contributed by atoms with Crippen LogP contribution >= 0.6 is 0 Å². The van der Waals surface area contributed by atoms with Gasteiger partial charge in [0.2, 0.25) is 12.5 Å². The van der Waals surface area contributed by atoms with Gasteiger partial charge < -0.3 is 35.2 Å². The Morgan fingerprint density at radius 1 is 1.18 bits per heavy atom. The fraction of sp³-hybridized carbons (Fsp3) is 0.357. The second-order valence-electron chi connectivity index (χ2n) is 5.43. The molecule has 8 heteroatoms. The lowest BCUT2D eigenvalue weighted by Gasteiger charge is -2.39. The Morgan fingerprint density at radius 2 is 1.95 bits per heavy atom.